The Bertz CT molecular complexity index is 910. The molecule has 1 N–H and O–H groups in total. The summed E-state index contributed by atoms with van der Waals surface area (Å²) in [6, 6.07) is 0. The van der Waals surface area contributed by atoms with Crippen LogP contribution in [-0.4, -0.2) is 26.3 Å². The number of aromatic nitrogens is 2. The summed E-state index contributed by atoms with van der Waals surface area (Å²) >= 11 is 0. The van der Waals surface area contributed by atoms with E-state index in [2.05, 4.69) is 18.9 Å². The van der Waals surface area contributed by atoms with Gasteiger partial charge in [-0.1, -0.05) is 13.8 Å². The summed E-state index contributed by atoms with van der Waals surface area (Å²) in [5.74, 6) is 3.50. The van der Waals surface area contributed by atoms with Crippen LogP contribution in [0.4, 0.5) is 13.2 Å². The quantitative estimate of drug-likeness (QED) is 0.618. The molecule has 1 aromatic rings. The Labute approximate surface area is 194 Å². The van der Waals surface area contributed by atoms with Gasteiger partial charge < -0.3 is 5.11 Å². The van der Waals surface area contributed by atoms with Gasteiger partial charge >= 0.3 is 6.18 Å². The number of ketones is 1. The Morgan fingerprint density at radius 1 is 1.15 bits per heavy atom. The highest BCUT2D eigenvalue weighted by Crippen LogP contribution is 2.66. The molecule has 4 saturated carbocycles. The minimum Gasteiger partial charge on any atom is -0.390 e. The number of fused-ring (bicyclic) bond motifs is 5. The van der Waals surface area contributed by atoms with Crippen molar-refractivity contribution in [2.75, 3.05) is 0 Å². The number of carbonyl (C=O) groups excluding carboxylic acids is 1. The van der Waals surface area contributed by atoms with Crippen LogP contribution in [0.15, 0.2) is 12.4 Å². The summed E-state index contributed by atoms with van der Waals surface area (Å²) < 4.78 is 40.0. The molecule has 0 saturated heterocycles. The van der Waals surface area contributed by atoms with Gasteiger partial charge in [-0.05, 0) is 99.2 Å². The van der Waals surface area contributed by atoms with Crippen LogP contribution in [0.25, 0.3) is 0 Å². The first-order valence-electron chi connectivity index (χ1n) is 12.7. The lowest BCUT2D eigenvalue weighted by Gasteiger charge is -2.57. The molecule has 0 amide bonds. The van der Waals surface area contributed by atoms with Crippen molar-refractivity contribution in [3.8, 4) is 0 Å². The molecule has 1 heterocycles. The molecule has 4 aliphatic carbocycles. The Hall–Kier alpha value is -1.37. The molecule has 1 aromatic heterocycles. The molecule has 0 aromatic carbocycles. The highest BCUT2D eigenvalue weighted by molar-refractivity contribution is 5.82. The number of nitrogens with zero attached hydrogens (tertiary/aromatic N) is 2. The third-order valence-electron chi connectivity index (χ3n) is 10.2. The Kier molecular flexibility index (Phi) is 5.54. The second-order valence-corrected chi connectivity index (χ2v) is 12.3. The molecule has 0 bridgehead atoms. The fraction of sp³-hybridized carbons (Fsp3) is 0.846. The number of halogens is 3. The van der Waals surface area contributed by atoms with Gasteiger partial charge in [0, 0.05) is 12.1 Å². The minimum absolute atomic E-state index is 0.0320. The molecule has 4 nitrogen and oxygen atoms in total. The van der Waals surface area contributed by atoms with Crippen LogP contribution in [0.5, 0.6) is 0 Å². The lowest BCUT2D eigenvalue weighted by atomic mass is 9.48. The third-order valence-corrected chi connectivity index (χ3v) is 10.2. The maximum absolute atomic E-state index is 13.4. The van der Waals surface area contributed by atoms with E-state index in [0.717, 1.165) is 55.6 Å². The summed E-state index contributed by atoms with van der Waals surface area (Å²) in [5, 5.41) is 14.4. The van der Waals surface area contributed by atoms with Crippen LogP contribution >= 0.6 is 0 Å². The van der Waals surface area contributed by atoms with Crippen molar-refractivity contribution in [2.45, 2.75) is 90.5 Å². The number of rotatable bonds is 3. The Morgan fingerprint density at radius 3 is 2.58 bits per heavy atom. The van der Waals surface area contributed by atoms with Crippen LogP contribution in [0, 0.1) is 46.8 Å². The normalized spacial score (nSPS) is 45.2. The van der Waals surface area contributed by atoms with Crippen LogP contribution in [-0.2, 0) is 17.5 Å². The molecule has 0 radical (unpaired) electrons. The zero-order valence-corrected chi connectivity index (χ0v) is 19.9. The molecule has 0 spiro atoms. The average Bonchev–Trinajstić information content (AvgIpc) is 3.29. The van der Waals surface area contributed by atoms with Gasteiger partial charge in [-0.2, -0.15) is 18.3 Å². The lowest BCUT2D eigenvalue weighted by Crippen LogP contribution is -2.51. The number of hydrogen-bond acceptors (Lipinski definition) is 3. The number of alkyl halides is 3. The van der Waals surface area contributed by atoms with Crippen LogP contribution in [0.3, 0.4) is 0 Å². The summed E-state index contributed by atoms with van der Waals surface area (Å²) in [6.45, 7) is 6.47. The molecular weight excluding hydrogens is 429 g/mol. The van der Waals surface area contributed by atoms with Crippen LogP contribution in [0.1, 0.15) is 77.7 Å². The number of hydrogen-bond donors (Lipinski definition) is 1. The van der Waals surface area contributed by atoms with E-state index in [1.807, 2.05) is 6.92 Å². The van der Waals surface area contributed by atoms with Gasteiger partial charge in [0.2, 0.25) is 0 Å². The largest absolute Gasteiger partial charge is 0.419 e. The number of Topliss-reactive ketones (excluding diaryl/α,β-unsaturated/α-hetero) is 1. The predicted octanol–water partition coefficient (Wildman–Crippen LogP) is 5.74. The molecular formula is C26H37F3N2O2. The van der Waals surface area contributed by atoms with Crippen molar-refractivity contribution in [3.05, 3.63) is 18.0 Å². The van der Waals surface area contributed by atoms with Gasteiger partial charge in [-0.25, -0.2) is 0 Å². The van der Waals surface area contributed by atoms with E-state index in [1.165, 1.54) is 12.8 Å². The topological polar surface area (TPSA) is 55.1 Å². The zero-order chi connectivity index (χ0) is 23.8. The SMILES string of the molecule is CC1C[C@H](C(=O)Cn2cc(C(F)(F)F)cn2)[C@@]2(C)CC[C@@H]3[C@H]4CC[C@@](C)(O)C[C@H]4CC[C@H]3C12. The molecule has 5 rings (SSSR count). The third kappa shape index (κ3) is 3.96. The van der Waals surface area contributed by atoms with Crippen molar-refractivity contribution in [1.82, 2.24) is 9.78 Å². The van der Waals surface area contributed by atoms with E-state index in [-0.39, 0.29) is 23.7 Å². The van der Waals surface area contributed by atoms with E-state index < -0.39 is 17.3 Å². The van der Waals surface area contributed by atoms with Crippen molar-refractivity contribution >= 4 is 5.78 Å². The molecule has 4 fully saturated rings. The number of carbonyl (C=O) groups is 1. The van der Waals surface area contributed by atoms with E-state index >= 15 is 0 Å². The highest BCUT2D eigenvalue weighted by atomic mass is 19.4. The first-order chi connectivity index (χ1) is 15.4. The second-order valence-electron chi connectivity index (χ2n) is 12.3. The van der Waals surface area contributed by atoms with Crippen molar-refractivity contribution in [3.63, 3.8) is 0 Å². The molecule has 7 heteroatoms. The van der Waals surface area contributed by atoms with Crippen LogP contribution < -0.4 is 0 Å². The monoisotopic (exact) mass is 466 g/mol. The average molecular weight is 467 g/mol. The standard InChI is InChI=1S/C26H37F3N2O2/c1-15-10-21(22(32)14-31-13-17(12-30-31)26(27,28)29)25(3)9-7-19-18-6-8-24(2,33)11-16(18)4-5-20(19)23(15)25/h12-13,15-16,18-21,23,33H,4-11,14H2,1-3H3/t15?,16-,18+,19-,20-,21-,23?,24-,25-/m1/s1. The van der Waals surface area contributed by atoms with Gasteiger partial charge in [0.25, 0.3) is 0 Å². The molecule has 2 unspecified atom stereocenters. The molecule has 4 aliphatic rings. The van der Waals surface area contributed by atoms with Gasteiger partial charge in [-0.15, -0.1) is 0 Å². The Balaban J connectivity index is 1.32. The van der Waals surface area contributed by atoms with E-state index in [0.29, 0.717) is 35.5 Å². The lowest BCUT2D eigenvalue weighted by molar-refractivity contribution is -0.138. The van der Waals surface area contributed by atoms with E-state index in [4.69, 9.17) is 0 Å². The van der Waals surface area contributed by atoms with Gasteiger partial charge in [0.15, 0.2) is 5.78 Å². The molecule has 9 atom stereocenters. The van der Waals surface area contributed by atoms with Crippen molar-refractivity contribution in [2.24, 2.45) is 46.8 Å². The zero-order valence-electron chi connectivity index (χ0n) is 19.9. The van der Waals surface area contributed by atoms with Crippen molar-refractivity contribution in [1.29, 1.82) is 0 Å². The predicted molar refractivity (Wildman–Crippen MR) is 118 cm³/mol. The molecule has 184 valence electrons. The minimum atomic E-state index is -4.44. The molecule has 33 heavy (non-hydrogen) atoms. The van der Waals surface area contributed by atoms with Gasteiger partial charge in [-0.3, -0.25) is 9.48 Å². The maximum Gasteiger partial charge on any atom is 0.419 e. The maximum atomic E-state index is 13.4. The van der Waals surface area contributed by atoms with E-state index in [1.54, 1.807) is 0 Å². The summed E-state index contributed by atoms with van der Waals surface area (Å²) in [4.78, 5) is 13.4. The first kappa shape index (κ1) is 23.4. The summed E-state index contributed by atoms with van der Waals surface area (Å²) in [7, 11) is 0. The summed E-state index contributed by atoms with van der Waals surface area (Å²) in [6.07, 6.45) is 5.58. The smallest absolute Gasteiger partial charge is 0.390 e. The first-order valence-corrected chi connectivity index (χ1v) is 12.7. The Morgan fingerprint density at radius 2 is 1.88 bits per heavy atom. The summed E-state index contributed by atoms with van der Waals surface area (Å²) in [5.41, 5.74) is -1.40. The fourth-order valence-electron chi connectivity index (χ4n) is 8.99. The number of aliphatic hydroxyl groups is 1. The van der Waals surface area contributed by atoms with Gasteiger partial charge in [0.05, 0.1) is 23.9 Å². The van der Waals surface area contributed by atoms with E-state index in [9.17, 15) is 23.1 Å². The fourth-order valence-corrected chi connectivity index (χ4v) is 8.99. The van der Waals surface area contributed by atoms with Crippen LogP contribution in [0.2, 0.25) is 0 Å². The van der Waals surface area contributed by atoms with Crippen molar-refractivity contribution < 1.29 is 23.1 Å². The molecule has 0 aliphatic heterocycles. The highest BCUT2D eigenvalue weighted by Gasteiger charge is 2.61. The van der Waals surface area contributed by atoms with Gasteiger partial charge in [0.1, 0.15) is 0 Å². The second kappa shape index (κ2) is 7.82.